The lowest BCUT2D eigenvalue weighted by molar-refractivity contribution is -0.162. The molecule has 11 heteroatoms. The molecule has 0 N–H and O–H groups in total. The molecule has 1 rings (SSSR count). The molecule has 0 spiro atoms. The van der Waals surface area contributed by atoms with E-state index in [0.717, 1.165) is 0 Å². The minimum atomic E-state index is -3.35. The van der Waals surface area contributed by atoms with E-state index in [-0.39, 0.29) is 29.1 Å². The zero-order chi connectivity index (χ0) is 32.8. The fraction of sp³-hybridized carbons (Fsp3) is 0.806. The monoisotopic (exact) mass is 628 g/mol. The Hall–Kier alpha value is -1.85. The van der Waals surface area contributed by atoms with Gasteiger partial charge in [0.15, 0.2) is 18.2 Å². The van der Waals surface area contributed by atoms with E-state index in [1.54, 1.807) is 26.2 Å². The van der Waals surface area contributed by atoms with Crippen molar-refractivity contribution in [3.05, 3.63) is 23.8 Å². The number of aromatic nitrogens is 2. The maximum atomic E-state index is 13.6. The summed E-state index contributed by atoms with van der Waals surface area (Å²) >= 11 is 0. The van der Waals surface area contributed by atoms with Gasteiger partial charge < -0.3 is 13.9 Å². The van der Waals surface area contributed by atoms with Gasteiger partial charge in [0.05, 0.1) is 35.9 Å². The van der Waals surface area contributed by atoms with Gasteiger partial charge in [0.25, 0.3) is 0 Å². The minimum absolute atomic E-state index is 0.00899. The molecular weight excluding hydrogens is 573 g/mol. The maximum Gasteiger partial charge on any atom is 0.318 e. The molecule has 0 fully saturated rings. The quantitative estimate of drug-likeness (QED) is 0.168. The first kappa shape index (κ1) is 38.2. The van der Waals surface area contributed by atoms with E-state index in [2.05, 4.69) is 38.8 Å². The summed E-state index contributed by atoms with van der Waals surface area (Å²) in [5.74, 6) is -1.16. The minimum Gasteiger partial charge on any atom is -0.469 e. The van der Waals surface area contributed by atoms with Crippen LogP contribution < -0.4 is 0 Å². The Morgan fingerprint density at radius 3 is 2.10 bits per heavy atom. The normalized spacial score (nSPS) is 15.5. The lowest BCUT2D eigenvalue weighted by atomic mass is 9.78. The first-order valence-corrected chi connectivity index (χ1v) is 19.5. The Labute approximate surface area is 256 Å². The Morgan fingerprint density at radius 2 is 1.57 bits per heavy atom. The van der Waals surface area contributed by atoms with Crippen molar-refractivity contribution in [1.29, 1.82) is 0 Å². The molecule has 1 heterocycles. The van der Waals surface area contributed by atoms with Crippen LogP contribution in [0.25, 0.3) is 0 Å². The van der Waals surface area contributed by atoms with Gasteiger partial charge in [-0.3, -0.25) is 19.6 Å². The molecular formula is C31H56N2O7SSi. The summed E-state index contributed by atoms with van der Waals surface area (Å²) in [6, 6.07) is 0. The van der Waals surface area contributed by atoms with Gasteiger partial charge in [-0.2, -0.15) is 0 Å². The van der Waals surface area contributed by atoms with Crippen LogP contribution in [0.5, 0.6) is 0 Å². The first-order chi connectivity index (χ1) is 18.8. The average molecular weight is 629 g/mol. The van der Waals surface area contributed by atoms with Crippen molar-refractivity contribution in [2.24, 2.45) is 11.3 Å². The van der Waals surface area contributed by atoms with E-state index < -0.39 is 46.5 Å². The van der Waals surface area contributed by atoms with Crippen LogP contribution in [0.1, 0.15) is 99.9 Å². The van der Waals surface area contributed by atoms with Gasteiger partial charge >= 0.3 is 11.9 Å². The summed E-state index contributed by atoms with van der Waals surface area (Å²) in [5.41, 5.74) is -1.29. The number of carbonyl (C=O) groups excluding carboxylic acids is 2. The molecule has 0 aliphatic carbocycles. The topological polar surface area (TPSA) is 122 Å². The van der Waals surface area contributed by atoms with Crippen LogP contribution in [0.4, 0.5) is 0 Å². The van der Waals surface area contributed by atoms with Gasteiger partial charge in [-0.15, -0.1) is 0 Å². The molecule has 0 bridgehead atoms. The van der Waals surface area contributed by atoms with Gasteiger partial charge in [0, 0.05) is 25.4 Å². The summed E-state index contributed by atoms with van der Waals surface area (Å²) in [7, 11) is -4.03. The van der Waals surface area contributed by atoms with Crippen LogP contribution >= 0.6 is 0 Å². The highest BCUT2D eigenvalue weighted by Gasteiger charge is 2.41. The number of hydrogen-bond acceptors (Lipinski definition) is 9. The van der Waals surface area contributed by atoms with Crippen molar-refractivity contribution in [3.8, 4) is 0 Å². The second kappa shape index (κ2) is 14.3. The second-order valence-corrected chi connectivity index (χ2v) is 22.1. The van der Waals surface area contributed by atoms with Crippen molar-refractivity contribution >= 4 is 30.1 Å². The molecule has 0 radical (unpaired) electrons. The van der Waals surface area contributed by atoms with Crippen LogP contribution in [0.2, 0.25) is 18.1 Å². The van der Waals surface area contributed by atoms with Crippen LogP contribution in [0.3, 0.4) is 0 Å². The van der Waals surface area contributed by atoms with Crippen molar-refractivity contribution in [3.63, 3.8) is 0 Å². The Morgan fingerprint density at radius 1 is 0.976 bits per heavy atom. The Kier molecular flexibility index (Phi) is 13.0. The van der Waals surface area contributed by atoms with E-state index in [9.17, 15) is 18.0 Å². The maximum absolute atomic E-state index is 13.6. The average Bonchev–Trinajstić information content (AvgIpc) is 2.80. The molecule has 0 amide bonds. The number of ether oxygens (including phenoxy) is 2. The molecule has 0 saturated carbocycles. The van der Waals surface area contributed by atoms with E-state index in [0.29, 0.717) is 37.1 Å². The lowest BCUT2D eigenvalue weighted by Gasteiger charge is -2.36. The fourth-order valence-corrected chi connectivity index (χ4v) is 7.40. The highest BCUT2D eigenvalue weighted by molar-refractivity contribution is 7.91. The number of carbonyl (C=O) groups is 2. The van der Waals surface area contributed by atoms with Crippen LogP contribution in [0, 0.1) is 11.3 Å². The highest BCUT2D eigenvalue weighted by atomic mass is 32.2. The standard InChI is InChI=1S/C31H56N2O7SSi/c1-23(26(34)38-11)19-24-20-32-21-25(33-24)31(10,27(35)40-28(2,3)4)16-14-15-30(8,9)22-41(36,37)18-17-39-42(12,13)29(5,6)7/h20-21,23H,14-19,22H2,1-13H3/t23-,31?/m0/s1. The highest BCUT2D eigenvalue weighted by Crippen LogP contribution is 2.37. The lowest BCUT2D eigenvalue weighted by Crippen LogP contribution is -2.42. The number of nitrogens with zero attached hydrogens (tertiary/aromatic N) is 2. The van der Waals surface area contributed by atoms with E-state index in [1.807, 2.05) is 34.6 Å². The molecule has 0 aromatic carbocycles. The Balaban J connectivity index is 3.06. The Bertz CT molecular complexity index is 1170. The molecule has 0 saturated heterocycles. The number of rotatable bonds is 15. The van der Waals surface area contributed by atoms with Gasteiger partial charge in [-0.25, -0.2) is 8.42 Å². The number of hydrogen-bond donors (Lipinski definition) is 0. The SMILES string of the molecule is COC(=O)[C@@H](C)Cc1cncc(C(C)(CCCC(C)(C)CS(=O)(=O)CCO[Si](C)(C)C(C)(C)C)C(=O)OC(C)(C)C)n1. The molecule has 9 nitrogen and oxygen atoms in total. The first-order valence-electron chi connectivity index (χ1n) is 14.8. The van der Waals surface area contributed by atoms with Crippen molar-refractivity contribution in [1.82, 2.24) is 9.97 Å². The molecule has 1 aromatic rings. The largest absolute Gasteiger partial charge is 0.469 e. The van der Waals surface area contributed by atoms with Gasteiger partial charge in [0.2, 0.25) is 0 Å². The summed E-state index contributed by atoms with van der Waals surface area (Å²) in [6.07, 6.45) is 5.02. The molecule has 2 atom stereocenters. The molecule has 42 heavy (non-hydrogen) atoms. The smallest absolute Gasteiger partial charge is 0.318 e. The van der Waals surface area contributed by atoms with Gasteiger partial charge in [-0.05, 0) is 64.1 Å². The van der Waals surface area contributed by atoms with E-state index in [1.165, 1.54) is 7.11 Å². The summed E-state index contributed by atoms with van der Waals surface area (Å²) in [6.45, 7) is 23.7. The zero-order valence-corrected chi connectivity index (χ0v) is 30.2. The number of methoxy groups -OCH3 is 1. The van der Waals surface area contributed by atoms with Crippen LogP contribution in [0.15, 0.2) is 12.4 Å². The van der Waals surface area contributed by atoms with Crippen LogP contribution in [-0.4, -0.2) is 69.5 Å². The number of esters is 2. The third-order valence-corrected chi connectivity index (χ3v) is 14.6. The molecule has 1 aromatic heterocycles. The fourth-order valence-electron chi connectivity index (χ4n) is 4.39. The molecule has 242 valence electrons. The third-order valence-electron chi connectivity index (χ3n) is 8.02. The van der Waals surface area contributed by atoms with E-state index in [4.69, 9.17) is 18.9 Å². The number of sulfone groups is 1. The predicted octanol–water partition coefficient (Wildman–Crippen LogP) is 6.06. The predicted molar refractivity (Wildman–Crippen MR) is 170 cm³/mol. The van der Waals surface area contributed by atoms with Gasteiger partial charge in [0.1, 0.15) is 11.0 Å². The third kappa shape index (κ3) is 12.0. The van der Waals surface area contributed by atoms with Crippen molar-refractivity contribution < 1.29 is 31.9 Å². The summed E-state index contributed by atoms with van der Waals surface area (Å²) in [5, 5.41) is 0.0142. The molecule has 0 aliphatic rings. The summed E-state index contributed by atoms with van der Waals surface area (Å²) < 4.78 is 42.8. The van der Waals surface area contributed by atoms with Crippen molar-refractivity contribution in [2.45, 2.75) is 124 Å². The van der Waals surface area contributed by atoms with Crippen LogP contribution in [-0.2, 0) is 45.2 Å². The van der Waals surface area contributed by atoms with Crippen molar-refractivity contribution in [2.75, 3.05) is 25.2 Å². The molecule has 0 aliphatic heterocycles. The van der Waals surface area contributed by atoms with Gasteiger partial charge in [-0.1, -0.05) is 48.0 Å². The second-order valence-electron chi connectivity index (χ2n) is 15.1. The molecule has 1 unspecified atom stereocenters. The summed E-state index contributed by atoms with van der Waals surface area (Å²) in [4.78, 5) is 34.5. The van der Waals surface area contributed by atoms with E-state index >= 15 is 0 Å². The zero-order valence-electron chi connectivity index (χ0n) is 28.3.